The lowest BCUT2D eigenvalue weighted by molar-refractivity contribution is -0.116. The van der Waals surface area contributed by atoms with Crippen LogP contribution in [0, 0.1) is 6.92 Å². The van der Waals surface area contributed by atoms with Gasteiger partial charge in [-0.25, -0.2) is 4.98 Å². The van der Waals surface area contributed by atoms with E-state index in [-0.39, 0.29) is 5.91 Å². The van der Waals surface area contributed by atoms with Gasteiger partial charge in [0.15, 0.2) is 5.96 Å². The van der Waals surface area contributed by atoms with Crippen molar-refractivity contribution < 1.29 is 4.79 Å². The number of nitrogens with zero attached hydrogens (tertiary/aromatic N) is 2. The Morgan fingerprint density at radius 3 is 2.84 bits per heavy atom. The van der Waals surface area contributed by atoms with E-state index in [0.29, 0.717) is 18.8 Å². The minimum absolute atomic E-state index is 0.0710. The third-order valence-electron chi connectivity index (χ3n) is 3.38. The molecular formula is C18H25N5OS. The van der Waals surface area contributed by atoms with Crippen molar-refractivity contribution in [2.75, 3.05) is 25.0 Å². The topological polar surface area (TPSA) is 78.4 Å². The van der Waals surface area contributed by atoms with Crippen LogP contribution < -0.4 is 16.0 Å². The first-order chi connectivity index (χ1) is 12.2. The fourth-order valence-corrected chi connectivity index (χ4v) is 2.81. The van der Waals surface area contributed by atoms with Gasteiger partial charge in [-0.05, 0) is 36.9 Å². The SMILES string of the molecule is CCNC(=NCCc1cccs1)NCCC(=O)Nc1ccc(C)cn1. The van der Waals surface area contributed by atoms with Crippen LogP contribution in [0.25, 0.3) is 0 Å². The molecule has 0 saturated heterocycles. The lowest BCUT2D eigenvalue weighted by Crippen LogP contribution is -2.38. The van der Waals surface area contributed by atoms with E-state index in [1.807, 2.05) is 19.9 Å². The number of rotatable bonds is 8. The minimum atomic E-state index is -0.0710. The average Bonchev–Trinajstić information content (AvgIpc) is 3.10. The van der Waals surface area contributed by atoms with Gasteiger partial charge in [-0.15, -0.1) is 11.3 Å². The first-order valence-corrected chi connectivity index (χ1v) is 9.32. The van der Waals surface area contributed by atoms with Crippen molar-refractivity contribution in [1.29, 1.82) is 0 Å². The van der Waals surface area contributed by atoms with E-state index in [1.54, 1.807) is 23.6 Å². The highest BCUT2D eigenvalue weighted by Gasteiger charge is 2.04. The van der Waals surface area contributed by atoms with Crippen molar-refractivity contribution >= 4 is 29.0 Å². The van der Waals surface area contributed by atoms with E-state index >= 15 is 0 Å². The average molecular weight is 359 g/mol. The van der Waals surface area contributed by atoms with Gasteiger partial charge in [0, 0.05) is 43.5 Å². The van der Waals surface area contributed by atoms with E-state index in [4.69, 9.17) is 0 Å². The Morgan fingerprint density at radius 1 is 1.28 bits per heavy atom. The Morgan fingerprint density at radius 2 is 2.16 bits per heavy atom. The van der Waals surface area contributed by atoms with Crippen LogP contribution in [0.15, 0.2) is 40.8 Å². The third kappa shape index (κ3) is 7.34. The summed E-state index contributed by atoms with van der Waals surface area (Å²) in [6.45, 7) is 6.00. The van der Waals surface area contributed by atoms with Gasteiger partial charge in [-0.2, -0.15) is 0 Å². The molecular weight excluding hydrogens is 334 g/mol. The molecule has 0 atom stereocenters. The van der Waals surface area contributed by atoms with Gasteiger partial charge in [-0.3, -0.25) is 9.79 Å². The zero-order valence-corrected chi connectivity index (χ0v) is 15.5. The van der Waals surface area contributed by atoms with Crippen LogP contribution in [-0.2, 0) is 11.2 Å². The van der Waals surface area contributed by atoms with E-state index in [1.165, 1.54) is 4.88 Å². The van der Waals surface area contributed by atoms with Crippen molar-refractivity contribution in [3.63, 3.8) is 0 Å². The van der Waals surface area contributed by atoms with Crippen molar-refractivity contribution in [1.82, 2.24) is 15.6 Å². The maximum Gasteiger partial charge on any atom is 0.227 e. The molecule has 2 rings (SSSR count). The predicted octanol–water partition coefficient (Wildman–Crippen LogP) is 2.58. The molecule has 1 amide bonds. The number of aryl methyl sites for hydroxylation is 1. The van der Waals surface area contributed by atoms with Crippen LogP contribution in [0.4, 0.5) is 5.82 Å². The Balaban J connectivity index is 1.72. The highest BCUT2D eigenvalue weighted by atomic mass is 32.1. The van der Waals surface area contributed by atoms with Gasteiger partial charge >= 0.3 is 0 Å². The summed E-state index contributed by atoms with van der Waals surface area (Å²) in [4.78, 5) is 22.0. The van der Waals surface area contributed by atoms with Crippen LogP contribution in [0.5, 0.6) is 0 Å². The van der Waals surface area contributed by atoms with Crippen molar-refractivity contribution in [3.05, 3.63) is 46.3 Å². The highest BCUT2D eigenvalue weighted by Crippen LogP contribution is 2.08. The number of aromatic nitrogens is 1. The second-order valence-electron chi connectivity index (χ2n) is 5.54. The monoisotopic (exact) mass is 359 g/mol. The normalized spacial score (nSPS) is 11.2. The molecule has 7 heteroatoms. The molecule has 3 N–H and O–H groups in total. The fraction of sp³-hybridized carbons (Fsp3) is 0.389. The molecule has 6 nitrogen and oxygen atoms in total. The number of carbonyl (C=O) groups is 1. The van der Waals surface area contributed by atoms with Crippen molar-refractivity contribution in [3.8, 4) is 0 Å². The van der Waals surface area contributed by atoms with Gasteiger partial charge in [0.05, 0.1) is 0 Å². The minimum Gasteiger partial charge on any atom is -0.357 e. The fourth-order valence-electron chi connectivity index (χ4n) is 2.12. The molecule has 0 aromatic carbocycles. The largest absolute Gasteiger partial charge is 0.357 e. The first-order valence-electron chi connectivity index (χ1n) is 8.44. The summed E-state index contributed by atoms with van der Waals surface area (Å²) < 4.78 is 0. The van der Waals surface area contributed by atoms with Gasteiger partial charge in [-0.1, -0.05) is 12.1 Å². The number of aliphatic imine (C=N–C) groups is 1. The molecule has 2 aromatic rings. The summed E-state index contributed by atoms with van der Waals surface area (Å²) in [5, 5.41) is 11.2. The number of nitrogens with one attached hydrogen (secondary N) is 3. The van der Waals surface area contributed by atoms with Crippen molar-refractivity contribution in [2.45, 2.75) is 26.7 Å². The van der Waals surface area contributed by atoms with E-state index in [2.05, 4.69) is 43.4 Å². The molecule has 0 bridgehead atoms. The second kappa shape index (κ2) is 10.5. The molecule has 0 aliphatic rings. The lowest BCUT2D eigenvalue weighted by atomic mass is 10.3. The number of pyridine rings is 1. The first kappa shape index (κ1) is 18.9. The molecule has 0 aliphatic carbocycles. The summed E-state index contributed by atoms with van der Waals surface area (Å²) >= 11 is 1.74. The van der Waals surface area contributed by atoms with Gasteiger partial charge < -0.3 is 16.0 Å². The molecule has 0 radical (unpaired) electrons. The zero-order chi connectivity index (χ0) is 17.9. The van der Waals surface area contributed by atoms with Crippen LogP contribution in [-0.4, -0.2) is 36.5 Å². The number of hydrogen-bond donors (Lipinski definition) is 3. The van der Waals surface area contributed by atoms with Gasteiger partial charge in [0.1, 0.15) is 5.82 Å². The molecule has 2 heterocycles. The number of guanidine groups is 1. The molecule has 0 saturated carbocycles. The van der Waals surface area contributed by atoms with Crippen molar-refractivity contribution in [2.24, 2.45) is 4.99 Å². The molecule has 2 aromatic heterocycles. The van der Waals surface area contributed by atoms with Gasteiger partial charge in [0.25, 0.3) is 0 Å². The number of amides is 1. The molecule has 0 aliphatic heterocycles. The smallest absolute Gasteiger partial charge is 0.227 e. The van der Waals surface area contributed by atoms with Crippen LogP contribution in [0.3, 0.4) is 0 Å². The summed E-state index contributed by atoms with van der Waals surface area (Å²) in [6, 6.07) is 7.89. The zero-order valence-electron chi connectivity index (χ0n) is 14.7. The molecule has 0 fully saturated rings. The van der Waals surface area contributed by atoms with E-state index < -0.39 is 0 Å². The van der Waals surface area contributed by atoms with E-state index in [0.717, 1.165) is 31.0 Å². The highest BCUT2D eigenvalue weighted by molar-refractivity contribution is 7.09. The summed E-state index contributed by atoms with van der Waals surface area (Å²) in [5.74, 6) is 1.24. The summed E-state index contributed by atoms with van der Waals surface area (Å²) in [6.07, 6.45) is 3.01. The predicted molar refractivity (Wildman–Crippen MR) is 104 cm³/mol. The van der Waals surface area contributed by atoms with Crippen LogP contribution in [0.2, 0.25) is 0 Å². The molecule has 25 heavy (non-hydrogen) atoms. The van der Waals surface area contributed by atoms with E-state index in [9.17, 15) is 4.79 Å². The number of anilines is 1. The number of hydrogen-bond acceptors (Lipinski definition) is 4. The maximum absolute atomic E-state index is 12.0. The maximum atomic E-state index is 12.0. The Bertz CT molecular complexity index is 667. The third-order valence-corrected chi connectivity index (χ3v) is 4.31. The quantitative estimate of drug-likeness (QED) is 0.500. The summed E-state index contributed by atoms with van der Waals surface area (Å²) in [7, 11) is 0. The number of carbonyl (C=O) groups excluding carboxylic acids is 1. The Kier molecular flexibility index (Phi) is 7.91. The number of thiophene rings is 1. The van der Waals surface area contributed by atoms with Crippen LogP contribution in [0.1, 0.15) is 23.8 Å². The lowest BCUT2D eigenvalue weighted by Gasteiger charge is -2.11. The summed E-state index contributed by atoms with van der Waals surface area (Å²) in [5.41, 5.74) is 1.06. The molecule has 0 unspecified atom stereocenters. The second-order valence-corrected chi connectivity index (χ2v) is 6.57. The standard InChI is InChI=1S/C18H25N5OS/c1-3-19-18(20-10-8-15-5-4-12-25-15)21-11-9-17(24)23-16-7-6-14(2)13-22-16/h4-7,12-13H,3,8-11H2,1-2H3,(H2,19,20,21)(H,22,23,24). The van der Waals surface area contributed by atoms with Crippen LogP contribution >= 0.6 is 11.3 Å². The van der Waals surface area contributed by atoms with Gasteiger partial charge in [0.2, 0.25) is 5.91 Å². The molecule has 134 valence electrons. The Labute approximate surface area is 152 Å². The molecule has 0 spiro atoms. The Hall–Kier alpha value is -2.41.